The summed E-state index contributed by atoms with van der Waals surface area (Å²) < 4.78 is 0. The maximum atomic E-state index is 11.0. The van der Waals surface area contributed by atoms with Crippen LogP contribution in [0.4, 0.5) is 0 Å². The topological polar surface area (TPSA) is 17.1 Å². The minimum atomic E-state index is 0.102. The smallest absolute Gasteiger partial charge is 0.159 e. The van der Waals surface area contributed by atoms with E-state index in [2.05, 4.69) is 5.92 Å². The Morgan fingerprint density at radius 2 is 2.07 bits per heavy atom. The fraction of sp³-hybridized carbons (Fsp3) is 0.250. The second-order valence-electron chi connectivity index (χ2n) is 2.88. The quantitative estimate of drug-likeness (QED) is 0.324. The highest BCUT2D eigenvalue weighted by Crippen LogP contribution is 2.19. The second kappa shape index (κ2) is 5.51. The van der Waals surface area contributed by atoms with Crippen molar-refractivity contribution < 1.29 is 4.79 Å². The normalized spacial score (nSPS) is 9.43. The van der Waals surface area contributed by atoms with E-state index in [4.69, 9.17) is 6.42 Å². The minimum Gasteiger partial charge on any atom is -0.295 e. The first kappa shape index (κ1) is 10.9. The van der Waals surface area contributed by atoms with Gasteiger partial charge in [-0.3, -0.25) is 4.79 Å². The summed E-state index contributed by atoms with van der Waals surface area (Å²) in [6.07, 6.45) is 5.93. The Labute approximate surface area is 88.9 Å². The Bertz CT molecular complexity index is 346. The van der Waals surface area contributed by atoms with Crippen LogP contribution in [-0.4, -0.2) is 11.5 Å². The van der Waals surface area contributed by atoms with Crippen LogP contribution in [0.2, 0.25) is 0 Å². The molecule has 1 aromatic carbocycles. The molecule has 0 amide bonds. The Morgan fingerprint density at radius 1 is 1.43 bits per heavy atom. The van der Waals surface area contributed by atoms with Crippen LogP contribution in [0, 0.1) is 12.3 Å². The average Bonchev–Trinajstić information content (AvgIpc) is 2.19. The first-order valence-corrected chi connectivity index (χ1v) is 5.40. The zero-order valence-corrected chi connectivity index (χ0v) is 8.93. The Hall–Kier alpha value is -1.20. The molecule has 1 aromatic rings. The van der Waals surface area contributed by atoms with Gasteiger partial charge in [-0.25, -0.2) is 0 Å². The second-order valence-corrected chi connectivity index (χ2v) is 4.05. The molecule has 0 saturated carbocycles. The van der Waals surface area contributed by atoms with Gasteiger partial charge in [0.25, 0.3) is 0 Å². The third-order valence-electron chi connectivity index (χ3n) is 1.78. The SMILES string of the molecule is C#CCCSc1ccc(C(C)=O)cc1. The molecule has 0 N–H and O–H groups in total. The van der Waals surface area contributed by atoms with Crippen molar-refractivity contribution in [1.82, 2.24) is 0 Å². The van der Waals surface area contributed by atoms with E-state index >= 15 is 0 Å². The molecule has 0 radical (unpaired) electrons. The molecule has 72 valence electrons. The van der Waals surface area contributed by atoms with Crippen LogP contribution < -0.4 is 0 Å². The predicted octanol–water partition coefficient (Wildman–Crippen LogP) is 3.00. The molecule has 14 heavy (non-hydrogen) atoms. The number of benzene rings is 1. The first-order valence-electron chi connectivity index (χ1n) is 4.41. The summed E-state index contributed by atoms with van der Waals surface area (Å²) >= 11 is 1.71. The monoisotopic (exact) mass is 204 g/mol. The lowest BCUT2D eigenvalue weighted by atomic mass is 10.2. The van der Waals surface area contributed by atoms with Gasteiger partial charge in [-0.05, 0) is 19.1 Å². The Kier molecular flexibility index (Phi) is 4.28. The number of terminal acetylenes is 1. The number of hydrogen-bond acceptors (Lipinski definition) is 2. The van der Waals surface area contributed by atoms with Crippen LogP contribution in [0.5, 0.6) is 0 Å². The standard InChI is InChI=1S/C12H12OS/c1-3-4-9-14-12-7-5-11(6-8-12)10(2)13/h1,5-8H,4,9H2,2H3. The van der Waals surface area contributed by atoms with Gasteiger partial charge >= 0.3 is 0 Å². The molecule has 0 aliphatic heterocycles. The molecule has 0 heterocycles. The lowest BCUT2D eigenvalue weighted by Crippen LogP contribution is -1.90. The number of Topliss-reactive ketones (excluding diaryl/α,β-unsaturated/α-hetero) is 1. The van der Waals surface area contributed by atoms with Crippen molar-refractivity contribution in [2.24, 2.45) is 0 Å². The summed E-state index contributed by atoms with van der Waals surface area (Å²) in [6.45, 7) is 1.57. The summed E-state index contributed by atoms with van der Waals surface area (Å²) in [6, 6.07) is 7.61. The van der Waals surface area contributed by atoms with Gasteiger partial charge in [0, 0.05) is 22.6 Å². The van der Waals surface area contributed by atoms with Crippen molar-refractivity contribution in [2.45, 2.75) is 18.2 Å². The number of rotatable bonds is 4. The zero-order chi connectivity index (χ0) is 10.4. The molecule has 2 heteroatoms. The third kappa shape index (κ3) is 3.27. The van der Waals surface area contributed by atoms with Gasteiger partial charge in [0.15, 0.2) is 5.78 Å². The molecule has 0 spiro atoms. The molecular formula is C12H12OS. The number of hydrogen-bond donors (Lipinski definition) is 0. The van der Waals surface area contributed by atoms with Crippen LogP contribution in [0.15, 0.2) is 29.2 Å². The average molecular weight is 204 g/mol. The van der Waals surface area contributed by atoms with Gasteiger partial charge in [0.2, 0.25) is 0 Å². The number of thioether (sulfide) groups is 1. The van der Waals surface area contributed by atoms with E-state index in [1.54, 1.807) is 18.7 Å². The fourth-order valence-corrected chi connectivity index (χ4v) is 1.80. The molecule has 0 aliphatic carbocycles. The van der Waals surface area contributed by atoms with E-state index in [1.807, 2.05) is 24.3 Å². The van der Waals surface area contributed by atoms with Crippen molar-refractivity contribution in [2.75, 3.05) is 5.75 Å². The molecule has 0 fully saturated rings. The Morgan fingerprint density at radius 3 is 2.57 bits per heavy atom. The van der Waals surface area contributed by atoms with Crippen molar-refractivity contribution in [3.8, 4) is 12.3 Å². The third-order valence-corrected chi connectivity index (χ3v) is 2.79. The largest absolute Gasteiger partial charge is 0.295 e. The maximum absolute atomic E-state index is 11.0. The minimum absolute atomic E-state index is 0.102. The maximum Gasteiger partial charge on any atom is 0.159 e. The van der Waals surface area contributed by atoms with Crippen molar-refractivity contribution in [1.29, 1.82) is 0 Å². The van der Waals surface area contributed by atoms with Gasteiger partial charge in [0.05, 0.1) is 0 Å². The highest BCUT2D eigenvalue weighted by molar-refractivity contribution is 7.99. The van der Waals surface area contributed by atoms with E-state index in [-0.39, 0.29) is 5.78 Å². The van der Waals surface area contributed by atoms with Crippen LogP contribution in [0.3, 0.4) is 0 Å². The zero-order valence-electron chi connectivity index (χ0n) is 8.12. The van der Waals surface area contributed by atoms with E-state index in [0.717, 1.165) is 22.6 Å². The van der Waals surface area contributed by atoms with Gasteiger partial charge in [-0.1, -0.05) is 12.1 Å². The molecule has 0 aromatic heterocycles. The van der Waals surface area contributed by atoms with E-state index in [9.17, 15) is 4.79 Å². The summed E-state index contributed by atoms with van der Waals surface area (Å²) in [4.78, 5) is 12.1. The van der Waals surface area contributed by atoms with Crippen molar-refractivity contribution >= 4 is 17.5 Å². The highest BCUT2D eigenvalue weighted by Gasteiger charge is 1.98. The summed E-state index contributed by atoms with van der Waals surface area (Å²) in [7, 11) is 0. The van der Waals surface area contributed by atoms with Gasteiger partial charge in [-0.15, -0.1) is 24.1 Å². The van der Waals surface area contributed by atoms with Crippen LogP contribution in [0.25, 0.3) is 0 Å². The lowest BCUT2D eigenvalue weighted by Gasteiger charge is -2.00. The highest BCUT2D eigenvalue weighted by atomic mass is 32.2. The van der Waals surface area contributed by atoms with Gasteiger partial charge in [0.1, 0.15) is 0 Å². The molecule has 1 nitrogen and oxygen atoms in total. The molecule has 0 saturated heterocycles. The van der Waals surface area contributed by atoms with Crippen LogP contribution in [0.1, 0.15) is 23.7 Å². The number of carbonyl (C=O) groups excluding carboxylic acids is 1. The molecule has 0 aliphatic rings. The number of ketones is 1. The lowest BCUT2D eigenvalue weighted by molar-refractivity contribution is 0.101. The predicted molar refractivity (Wildman–Crippen MR) is 60.6 cm³/mol. The van der Waals surface area contributed by atoms with Gasteiger partial charge in [-0.2, -0.15) is 0 Å². The molecule has 0 bridgehead atoms. The van der Waals surface area contributed by atoms with Crippen molar-refractivity contribution in [3.63, 3.8) is 0 Å². The fourth-order valence-electron chi connectivity index (χ4n) is 1.01. The van der Waals surface area contributed by atoms with Crippen LogP contribution >= 0.6 is 11.8 Å². The summed E-state index contributed by atoms with van der Waals surface area (Å²) in [5, 5.41) is 0. The first-order chi connectivity index (χ1) is 6.74. The molecule has 0 unspecified atom stereocenters. The Balaban J connectivity index is 2.56. The van der Waals surface area contributed by atoms with E-state index in [1.165, 1.54) is 0 Å². The van der Waals surface area contributed by atoms with Gasteiger partial charge < -0.3 is 0 Å². The molecular weight excluding hydrogens is 192 g/mol. The summed E-state index contributed by atoms with van der Waals surface area (Å²) in [5.41, 5.74) is 0.756. The van der Waals surface area contributed by atoms with Crippen molar-refractivity contribution in [3.05, 3.63) is 29.8 Å². The van der Waals surface area contributed by atoms with E-state index < -0.39 is 0 Å². The number of carbonyl (C=O) groups is 1. The molecule has 1 rings (SSSR count). The molecule has 0 atom stereocenters. The summed E-state index contributed by atoms with van der Waals surface area (Å²) in [5.74, 6) is 3.62. The van der Waals surface area contributed by atoms with E-state index in [0.29, 0.717) is 0 Å². The van der Waals surface area contributed by atoms with Crippen LogP contribution in [-0.2, 0) is 0 Å².